The minimum Gasteiger partial charge on any atom is -0.377 e. The highest BCUT2D eigenvalue weighted by Crippen LogP contribution is 2.37. The molecule has 2 heterocycles. The van der Waals surface area contributed by atoms with Crippen molar-refractivity contribution in [2.75, 3.05) is 13.7 Å². The highest BCUT2D eigenvalue weighted by atomic mass is 19.4. The Morgan fingerprint density at radius 1 is 1.52 bits per heavy atom. The number of carbonyl (C=O) groups excluding carboxylic acids is 1. The summed E-state index contributed by atoms with van der Waals surface area (Å²) in [5.41, 5.74) is 0. The summed E-state index contributed by atoms with van der Waals surface area (Å²) in [4.78, 5) is 17.5. The molecule has 0 radical (unpaired) electrons. The van der Waals surface area contributed by atoms with Gasteiger partial charge in [-0.3, -0.25) is 5.10 Å². The lowest BCUT2D eigenvalue weighted by molar-refractivity contribution is -0.195. The van der Waals surface area contributed by atoms with Crippen molar-refractivity contribution in [3.63, 3.8) is 0 Å². The highest BCUT2D eigenvalue weighted by Gasteiger charge is 2.47. The molecule has 0 aliphatic carbocycles. The molecule has 10 heteroatoms. The van der Waals surface area contributed by atoms with Crippen LogP contribution < -0.4 is 5.32 Å². The van der Waals surface area contributed by atoms with E-state index in [2.05, 4.69) is 20.5 Å². The Morgan fingerprint density at radius 2 is 2.26 bits per heavy atom. The van der Waals surface area contributed by atoms with E-state index in [1.54, 1.807) is 0 Å². The minimum atomic E-state index is -4.29. The fourth-order valence-electron chi connectivity index (χ4n) is 2.74. The van der Waals surface area contributed by atoms with E-state index in [1.165, 1.54) is 18.9 Å². The third-order valence-corrected chi connectivity index (χ3v) is 3.93. The lowest BCUT2D eigenvalue weighted by Crippen LogP contribution is -2.54. The Hall–Kier alpha value is -1.84. The summed E-state index contributed by atoms with van der Waals surface area (Å²) in [6.45, 7) is 2.04. The zero-order chi connectivity index (χ0) is 17.0. The molecule has 1 aliphatic heterocycles. The van der Waals surface area contributed by atoms with Crippen LogP contribution in [0.2, 0.25) is 0 Å². The first-order valence-electron chi connectivity index (χ1n) is 7.33. The molecule has 0 spiro atoms. The number of aromatic nitrogens is 3. The maximum atomic E-state index is 13.0. The van der Waals surface area contributed by atoms with Crippen molar-refractivity contribution in [2.45, 2.75) is 45.1 Å². The normalized spacial score (nSPS) is 22.2. The number of hydrogen-bond donors (Lipinski definition) is 2. The average molecular weight is 335 g/mol. The molecule has 130 valence electrons. The van der Waals surface area contributed by atoms with Crippen LogP contribution in [0, 0.1) is 5.92 Å². The number of piperidine rings is 1. The van der Waals surface area contributed by atoms with E-state index in [9.17, 15) is 18.0 Å². The molecule has 2 rings (SSSR count). The molecule has 0 bridgehead atoms. The molecule has 1 fully saturated rings. The van der Waals surface area contributed by atoms with Crippen LogP contribution in [0.4, 0.5) is 18.0 Å². The van der Waals surface area contributed by atoms with Gasteiger partial charge in [-0.25, -0.2) is 9.78 Å². The first kappa shape index (κ1) is 17.5. The number of H-pyrrole nitrogens is 1. The smallest absolute Gasteiger partial charge is 0.377 e. The topological polar surface area (TPSA) is 83.1 Å². The lowest BCUT2D eigenvalue weighted by Gasteiger charge is -2.39. The van der Waals surface area contributed by atoms with Gasteiger partial charge in [0.15, 0.2) is 5.82 Å². The number of hydrogen-bond acceptors (Lipinski definition) is 4. The number of aromatic amines is 1. The minimum absolute atomic E-state index is 0.0525. The molecule has 2 atom stereocenters. The lowest BCUT2D eigenvalue weighted by atomic mass is 9.90. The van der Waals surface area contributed by atoms with E-state index in [4.69, 9.17) is 4.74 Å². The molecule has 0 aromatic carbocycles. The van der Waals surface area contributed by atoms with Gasteiger partial charge in [0, 0.05) is 19.7 Å². The summed E-state index contributed by atoms with van der Waals surface area (Å²) in [6, 6.07) is -1.42. The van der Waals surface area contributed by atoms with E-state index >= 15 is 0 Å². The molecule has 2 unspecified atom stereocenters. The fraction of sp³-hybridized carbons (Fsp3) is 0.769. The predicted molar refractivity (Wildman–Crippen MR) is 74.3 cm³/mol. The van der Waals surface area contributed by atoms with Gasteiger partial charge in [-0.15, -0.1) is 0 Å². The number of urea groups is 1. The maximum Gasteiger partial charge on any atom is 0.393 e. The number of ether oxygens (including phenoxy) is 1. The van der Waals surface area contributed by atoms with Crippen LogP contribution in [0.1, 0.15) is 31.4 Å². The summed E-state index contributed by atoms with van der Waals surface area (Å²) in [6.07, 6.45) is -3.91. The zero-order valence-electron chi connectivity index (χ0n) is 13.0. The van der Waals surface area contributed by atoms with Crippen LogP contribution in [0.3, 0.4) is 0 Å². The second-order valence-corrected chi connectivity index (χ2v) is 5.51. The van der Waals surface area contributed by atoms with Crippen molar-refractivity contribution in [1.29, 1.82) is 0 Å². The molecule has 23 heavy (non-hydrogen) atoms. The van der Waals surface area contributed by atoms with E-state index in [0.717, 1.165) is 0 Å². The maximum absolute atomic E-state index is 13.0. The second-order valence-electron chi connectivity index (χ2n) is 5.51. The Balaban J connectivity index is 1.91. The number of nitrogens with one attached hydrogen (secondary N) is 2. The van der Waals surface area contributed by atoms with Gasteiger partial charge in [0.25, 0.3) is 0 Å². The number of alkyl halides is 3. The van der Waals surface area contributed by atoms with Crippen LogP contribution in [-0.4, -0.2) is 52.0 Å². The third kappa shape index (κ3) is 4.34. The van der Waals surface area contributed by atoms with Gasteiger partial charge in [-0.2, -0.15) is 18.3 Å². The molecule has 1 aromatic rings. The van der Waals surface area contributed by atoms with Crippen LogP contribution in [0.15, 0.2) is 0 Å². The summed E-state index contributed by atoms with van der Waals surface area (Å²) < 4.78 is 43.8. The molecule has 1 aromatic heterocycles. The van der Waals surface area contributed by atoms with E-state index < -0.39 is 24.2 Å². The van der Waals surface area contributed by atoms with Crippen LogP contribution in [0.25, 0.3) is 0 Å². The Kier molecular flexibility index (Phi) is 5.45. The molecule has 1 saturated heterocycles. The van der Waals surface area contributed by atoms with Crippen molar-refractivity contribution >= 4 is 6.03 Å². The van der Waals surface area contributed by atoms with Gasteiger partial charge in [0.2, 0.25) is 0 Å². The summed E-state index contributed by atoms with van der Waals surface area (Å²) in [5.74, 6) is -0.622. The standard InChI is InChI=1S/C13H20F3N5O2/c1-8-9(13(14,15)16)4-3-5-21(8)12(22)17-6-10-18-11(7-23-2)20-19-10/h8-9H,3-7H2,1-2H3,(H,17,22)(H,18,19,20). The largest absolute Gasteiger partial charge is 0.393 e. The van der Waals surface area contributed by atoms with Gasteiger partial charge in [0.05, 0.1) is 12.5 Å². The van der Waals surface area contributed by atoms with E-state index in [-0.39, 0.29) is 19.6 Å². The number of rotatable bonds is 4. The molecule has 1 aliphatic rings. The van der Waals surface area contributed by atoms with Crippen LogP contribution >= 0.6 is 0 Å². The van der Waals surface area contributed by atoms with Crippen LogP contribution in [-0.2, 0) is 17.9 Å². The van der Waals surface area contributed by atoms with Crippen molar-refractivity contribution in [2.24, 2.45) is 5.92 Å². The number of nitrogens with zero attached hydrogens (tertiary/aromatic N) is 3. The second kappa shape index (κ2) is 7.16. The van der Waals surface area contributed by atoms with Crippen LogP contribution in [0.5, 0.6) is 0 Å². The molecular weight excluding hydrogens is 315 g/mol. The van der Waals surface area contributed by atoms with Gasteiger partial charge in [-0.1, -0.05) is 0 Å². The number of amides is 2. The monoisotopic (exact) mass is 335 g/mol. The van der Waals surface area contributed by atoms with Crippen molar-refractivity contribution in [3.05, 3.63) is 11.6 Å². The molecule has 2 amide bonds. The third-order valence-electron chi connectivity index (χ3n) is 3.93. The van der Waals surface area contributed by atoms with Crippen molar-refractivity contribution in [3.8, 4) is 0 Å². The first-order valence-corrected chi connectivity index (χ1v) is 7.33. The predicted octanol–water partition coefficient (Wildman–Crippen LogP) is 1.82. The SMILES string of the molecule is COCc1n[nH]c(CNC(=O)N2CCCC(C(F)(F)F)C2C)n1. The van der Waals surface area contributed by atoms with Crippen molar-refractivity contribution < 1.29 is 22.7 Å². The average Bonchev–Trinajstić information content (AvgIpc) is 2.92. The first-order chi connectivity index (χ1) is 10.8. The number of methoxy groups -OCH3 is 1. The van der Waals surface area contributed by atoms with Crippen molar-refractivity contribution in [1.82, 2.24) is 25.4 Å². The fourth-order valence-corrected chi connectivity index (χ4v) is 2.74. The Labute approximate surface area is 131 Å². The van der Waals surface area contributed by atoms with Gasteiger partial charge < -0.3 is 15.0 Å². The number of carbonyl (C=O) groups is 1. The summed E-state index contributed by atoms with van der Waals surface area (Å²) >= 11 is 0. The highest BCUT2D eigenvalue weighted by molar-refractivity contribution is 5.74. The molecule has 7 nitrogen and oxygen atoms in total. The summed E-state index contributed by atoms with van der Waals surface area (Å²) in [7, 11) is 1.51. The molecule has 0 saturated carbocycles. The van der Waals surface area contributed by atoms with Gasteiger partial charge >= 0.3 is 12.2 Å². The molecular formula is C13H20F3N5O2. The number of halogens is 3. The van der Waals surface area contributed by atoms with Gasteiger partial charge in [0.1, 0.15) is 12.4 Å². The van der Waals surface area contributed by atoms with E-state index in [0.29, 0.717) is 24.6 Å². The zero-order valence-corrected chi connectivity index (χ0v) is 13.0. The van der Waals surface area contributed by atoms with E-state index in [1.807, 2.05) is 0 Å². The quantitative estimate of drug-likeness (QED) is 0.879. The molecule has 2 N–H and O–H groups in total. The van der Waals surface area contributed by atoms with Gasteiger partial charge in [-0.05, 0) is 19.8 Å². The number of likely N-dealkylation sites (tertiary alicyclic amines) is 1. The summed E-state index contributed by atoms with van der Waals surface area (Å²) in [5, 5.41) is 9.09. The Morgan fingerprint density at radius 3 is 2.91 bits per heavy atom. The Bertz CT molecular complexity index is 534.